The number of aromatic nitrogens is 4. The summed E-state index contributed by atoms with van der Waals surface area (Å²) in [5, 5.41) is 11.5. The number of nitrogens with zero attached hydrogens (tertiary/aromatic N) is 5. The molecule has 0 unspecified atom stereocenters. The van der Waals surface area contributed by atoms with Crippen molar-refractivity contribution in [3.05, 3.63) is 47.0 Å². The summed E-state index contributed by atoms with van der Waals surface area (Å²) in [5.74, 6) is 1.98. The number of carbonyl (C=O) groups is 1. The highest BCUT2D eigenvalue weighted by atomic mass is 16.5. The maximum Gasteiger partial charge on any atom is 0.293 e. The third-order valence-corrected chi connectivity index (χ3v) is 6.09. The van der Waals surface area contributed by atoms with Crippen molar-refractivity contribution in [3.8, 4) is 17.0 Å². The predicted octanol–water partition coefficient (Wildman–Crippen LogP) is 2.05. The standard InChI is InChI=1S/C24H32N6O3/c1-17-11-18(2)14-28(13-17)10-4-9-25-23(31)15-29-24(32)22-12-21(27-30(22)16-26-29)19-5-7-20(33-3)8-6-19/h5-8,12,16-18H,4,9-11,13-15H2,1-3H3,(H,25,31)/t17-,18-/m0/s1. The van der Waals surface area contributed by atoms with Gasteiger partial charge >= 0.3 is 0 Å². The quantitative estimate of drug-likeness (QED) is 0.526. The van der Waals surface area contributed by atoms with E-state index in [9.17, 15) is 9.59 Å². The van der Waals surface area contributed by atoms with Gasteiger partial charge in [-0.25, -0.2) is 9.20 Å². The molecule has 0 spiro atoms. The Morgan fingerprint density at radius 1 is 1.18 bits per heavy atom. The van der Waals surface area contributed by atoms with Crippen molar-refractivity contribution in [2.45, 2.75) is 33.2 Å². The number of fused-ring (bicyclic) bond motifs is 1. The van der Waals surface area contributed by atoms with Crippen LogP contribution in [-0.2, 0) is 11.3 Å². The lowest BCUT2D eigenvalue weighted by Crippen LogP contribution is -2.40. The van der Waals surface area contributed by atoms with Crippen molar-refractivity contribution >= 4 is 11.4 Å². The molecule has 3 aromatic rings. The van der Waals surface area contributed by atoms with E-state index >= 15 is 0 Å². The Morgan fingerprint density at radius 2 is 1.91 bits per heavy atom. The zero-order valence-electron chi connectivity index (χ0n) is 19.5. The van der Waals surface area contributed by atoms with Crippen molar-refractivity contribution in [1.29, 1.82) is 0 Å². The summed E-state index contributed by atoms with van der Waals surface area (Å²) in [4.78, 5) is 27.7. The summed E-state index contributed by atoms with van der Waals surface area (Å²) in [6.07, 6.45) is 3.63. The molecule has 0 aliphatic carbocycles. The molecule has 9 nitrogen and oxygen atoms in total. The van der Waals surface area contributed by atoms with Gasteiger partial charge in [0, 0.05) is 25.2 Å². The van der Waals surface area contributed by atoms with E-state index in [1.165, 1.54) is 21.9 Å². The van der Waals surface area contributed by atoms with Crippen LogP contribution in [0.5, 0.6) is 5.75 Å². The number of hydrogen-bond acceptors (Lipinski definition) is 6. The van der Waals surface area contributed by atoms with Gasteiger partial charge in [0.15, 0.2) is 0 Å². The fraction of sp³-hybridized carbons (Fsp3) is 0.500. The second kappa shape index (κ2) is 10.2. The van der Waals surface area contributed by atoms with Crippen molar-refractivity contribution < 1.29 is 9.53 Å². The molecular weight excluding hydrogens is 420 g/mol. The van der Waals surface area contributed by atoms with Gasteiger partial charge in [-0.05, 0) is 61.6 Å². The average Bonchev–Trinajstić information content (AvgIpc) is 3.23. The molecule has 1 aliphatic heterocycles. The van der Waals surface area contributed by atoms with Crippen LogP contribution in [0.3, 0.4) is 0 Å². The van der Waals surface area contributed by atoms with E-state index in [2.05, 4.69) is 34.3 Å². The second-order valence-corrected chi connectivity index (χ2v) is 9.09. The topological polar surface area (TPSA) is 93.8 Å². The fourth-order valence-electron chi connectivity index (χ4n) is 4.65. The number of benzene rings is 1. The SMILES string of the molecule is COc1ccc(-c2cc3c(=O)n(CC(=O)NCCCN4C[C@@H](C)C[C@H](C)C4)ncn3n2)cc1. The largest absolute Gasteiger partial charge is 0.497 e. The summed E-state index contributed by atoms with van der Waals surface area (Å²) >= 11 is 0. The predicted molar refractivity (Wildman–Crippen MR) is 126 cm³/mol. The molecule has 1 fully saturated rings. The highest BCUT2D eigenvalue weighted by Crippen LogP contribution is 2.22. The maximum absolute atomic E-state index is 12.8. The summed E-state index contributed by atoms with van der Waals surface area (Å²) in [6.45, 7) is 8.30. The van der Waals surface area contributed by atoms with Crippen LogP contribution in [0.15, 0.2) is 41.5 Å². The normalized spacial score (nSPS) is 19.0. The van der Waals surface area contributed by atoms with Crippen molar-refractivity contribution in [3.63, 3.8) is 0 Å². The molecule has 9 heteroatoms. The number of hydrogen-bond donors (Lipinski definition) is 1. The first-order valence-electron chi connectivity index (χ1n) is 11.5. The van der Waals surface area contributed by atoms with E-state index in [1.54, 1.807) is 13.2 Å². The minimum absolute atomic E-state index is 0.115. The van der Waals surface area contributed by atoms with Gasteiger partial charge in [-0.15, -0.1) is 0 Å². The van der Waals surface area contributed by atoms with E-state index in [0.717, 1.165) is 49.2 Å². The van der Waals surface area contributed by atoms with Gasteiger partial charge in [0.1, 0.15) is 24.1 Å². The second-order valence-electron chi connectivity index (χ2n) is 9.09. The van der Waals surface area contributed by atoms with E-state index in [0.29, 0.717) is 17.8 Å². The monoisotopic (exact) mass is 452 g/mol. The molecule has 2 aromatic heterocycles. The Labute approximate surface area is 193 Å². The van der Waals surface area contributed by atoms with E-state index in [4.69, 9.17) is 4.74 Å². The first-order chi connectivity index (χ1) is 15.9. The Morgan fingerprint density at radius 3 is 2.61 bits per heavy atom. The Kier molecular flexibility index (Phi) is 7.08. The maximum atomic E-state index is 12.8. The van der Waals surface area contributed by atoms with Crippen LogP contribution in [0.4, 0.5) is 0 Å². The van der Waals surface area contributed by atoms with Gasteiger partial charge in [0.2, 0.25) is 5.91 Å². The molecule has 0 bridgehead atoms. The molecule has 1 N–H and O–H groups in total. The van der Waals surface area contributed by atoms with Crippen LogP contribution in [0.25, 0.3) is 16.8 Å². The number of amides is 1. The molecule has 2 atom stereocenters. The minimum atomic E-state index is -0.351. The van der Waals surface area contributed by atoms with Gasteiger partial charge in [-0.2, -0.15) is 10.2 Å². The number of likely N-dealkylation sites (tertiary alicyclic amines) is 1. The van der Waals surface area contributed by atoms with Crippen LogP contribution < -0.4 is 15.6 Å². The van der Waals surface area contributed by atoms with Gasteiger partial charge in [-0.1, -0.05) is 13.8 Å². The van der Waals surface area contributed by atoms with Crippen LogP contribution in [0.1, 0.15) is 26.7 Å². The minimum Gasteiger partial charge on any atom is -0.497 e. The summed E-state index contributed by atoms with van der Waals surface area (Å²) < 4.78 is 7.80. The molecule has 0 radical (unpaired) electrons. The molecule has 4 rings (SSSR count). The smallest absolute Gasteiger partial charge is 0.293 e. The van der Waals surface area contributed by atoms with Gasteiger partial charge in [-0.3, -0.25) is 9.59 Å². The molecule has 1 amide bonds. The number of piperidine rings is 1. The van der Waals surface area contributed by atoms with Gasteiger partial charge in [0.25, 0.3) is 5.56 Å². The molecule has 1 aliphatic rings. The van der Waals surface area contributed by atoms with Crippen molar-refractivity contribution in [2.75, 3.05) is 33.3 Å². The lowest BCUT2D eigenvalue weighted by molar-refractivity contribution is -0.121. The Bertz CT molecular complexity index is 1140. The lowest BCUT2D eigenvalue weighted by Gasteiger charge is -2.34. The van der Waals surface area contributed by atoms with Gasteiger partial charge < -0.3 is 15.0 Å². The first kappa shape index (κ1) is 23.0. The zero-order chi connectivity index (χ0) is 23.4. The van der Waals surface area contributed by atoms with E-state index in [1.807, 2.05) is 24.3 Å². The van der Waals surface area contributed by atoms with Crippen LogP contribution in [0, 0.1) is 11.8 Å². The molecule has 0 saturated carbocycles. The molecule has 3 heterocycles. The number of rotatable bonds is 8. The summed E-state index contributed by atoms with van der Waals surface area (Å²) in [7, 11) is 1.61. The third-order valence-electron chi connectivity index (χ3n) is 6.09. The Hall–Kier alpha value is -3.20. The van der Waals surface area contributed by atoms with Crippen LogP contribution in [0.2, 0.25) is 0 Å². The van der Waals surface area contributed by atoms with Crippen LogP contribution in [-0.4, -0.2) is 63.5 Å². The van der Waals surface area contributed by atoms with Gasteiger partial charge in [0.05, 0.1) is 12.8 Å². The van der Waals surface area contributed by atoms with Crippen molar-refractivity contribution in [1.82, 2.24) is 29.6 Å². The molecule has 176 valence electrons. The number of nitrogens with one attached hydrogen (secondary N) is 1. The molecule has 1 saturated heterocycles. The molecule has 33 heavy (non-hydrogen) atoms. The Balaban J connectivity index is 1.33. The summed E-state index contributed by atoms with van der Waals surface area (Å²) in [5.41, 5.74) is 1.54. The number of methoxy groups -OCH3 is 1. The van der Waals surface area contributed by atoms with E-state index in [-0.39, 0.29) is 18.0 Å². The number of carbonyl (C=O) groups excluding carboxylic acids is 1. The van der Waals surface area contributed by atoms with Crippen molar-refractivity contribution in [2.24, 2.45) is 11.8 Å². The van der Waals surface area contributed by atoms with Crippen LogP contribution >= 0.6 is 0 Å². The third kappa shape index (κ3) is 5.60. The number of ether oxygens (including phenoxy) is 1. The first-order valence-corrected chi connectivity index (χ1v) is 11.5. The average molecular weight is 453 g/mol. The molecule has 1 aromatic carbocycles. The highest BCUT2D eigenvalue weighted by Gasteiger charge is 2.21. The fourth-order valence-corrected chi connectivity index (χ4v) is 4.65. The molecular formula is C24H32N6O3. The lowest BCUT2D eigenvalue weighted by atomic mass is 9.92. The van der Waals surface area contributed by atoms with E-state index < -0.39 is 0 Å². The highest BCUT2D eigenvalue weighted by molar-refractivity contribution is 5.75. The zero-order valence-corrected chi connectivity index (χ0v) is 19.5. The summed E-state index contributed by atoms with van der Waals surface area (Å²) in [6, 6.07) is 9.15.